The zero-order chi connectivity index (χ0) is 36.3. The van der Waals surface area contributed by atoms with Gasteiger partial charge in [0.2, 0.25) is 11.8 Å². The fourth-order valence-electron chi connectivity index (χ4n) is 8.19. The van der Waals surface area contributed by atoms with Gasteiger partial charge in [-0.15, -0.1) is 0 Å². The third kappa shape index (κ3) is 8.74. The molecule has 0 saturated carbocycles. The molecule has 4 amide bonds. The largest absolute Gasteiger partial charge is 0.418 e. The normalized spacial score (nSPS) is 20.8. The minimum atomic E-state index is -4.66. The van der Waals surface area contributed by atoms with Gasteiger partial charge in [0, 0.05) is 90.1 Å². The van der Waals surface area contributed by atoms with E-state index in [-0.39, 0.29) is 53.0 Å². The van der Waals surface area contributed by atoms with E-state index >= 15 is 0 Å². The first-order valence-corrected chi connectivity index (χ1v) is 18.5. The van der Waals surface area contributed by atoms with Gasteiger partial charge in [-0.2, -0.15) is 13.2 Å². The van der Waals surface area contributed by atoms with Crippen molar-refractivity contribution in [1.82, 2.24) is 24.5 Å². The highest BCUT2D eigenvalue weighted by Gasteiger charge is 2.38. The molecule has 3 fully saturated rings. The van der Waals surface area contributed by atoms with E-state index in [0.29, 0.717) is 51.6 Å². The molecule has 0 aromatic heterocycles. The number of hydrogen-bond donors (Lipinski definition) is 2. The van der Waals surface area contributed by atoms with Crippen molar-refractivity contribution in [3.8, 4) is 0 Å². The van der Waals surface area contributed by atoms with E-state index in [4.69, 9.17) is 11.6 Å². The Kier molecular flexibility index (Phi) is 11.7. The highest BCUT2D eigenvalue weighted by Crippen LogP contribution is 2.40. The van der Waals surface area contributed by atoms with E-state index in [1.54, 1.807) is 9.80 Å². The fraction of sp³-hybridized carbons (Fsp3) is 0.595. The number of nitrogens with one attached hydrogen (secondary N) is 2. The van der Waals surface area contributed by atoms with Crippen molar-refractivity contribution in [2.45, 2.75) is 63.2 Å². The van der Waals surface area contributed by atoms with Crippen molar-refractivity contribution in [2.24, 2.45) is 5.92 Å². The minimum absolute atomic E-state index is 0.0315. The van der Waals surface area contributed by atoms with Crippen LogP contribution in [0.4, 0.5) is 29.3 Å². The Bertz CT molecular complexity index is 1570. The van der Waals surface area contributed by atoms with Crippen LogP contribution < -0.4 is 10.6 Å². The van der Waals surface area contributed by atoms with Crippen LogP contribution >= 0.6 is 11.6 Å². The number of carbonyl (C=O) groups excluding carboxylic acids is 3. The summed E-state index contributed by atoms with van der Waals surface area (Å²) in [5.41, 5.74) is 1.05. The van der Waals surface area contributed by atoms with Crippen LogP contribution in [0.1, 0.15) is 48.8 Å². The van der Waals surface area contributed by atoms with Crippen LogP contribution in [0.3, 0.4) is 0 Å². The summed E-state index contributed by atoms with van der Waals surface area (Å²) in [5, 5.41) is 5.48. The molecule has 10 nitrogen and oxygen atoms in total. The molecule has 2 N–H and O–H groups in total. The number of piperidine rings is 2. The summed E-state index contributed by atoms with van der Waals surface area (Å²) in [6.45, 7) is 6.52. The number of likely N-dealkylation sites (N-methyl/N-ethyl adjacent to an activating group) is 1. The summed E-state index contributed by atoms with van der Waals surface area (Å²) in [6.07, 6.45) is -1.24. The van der Waals surface area contributed by atoms with Crippen LogP contribution in [-0.4, -0.2) is 127 Å². The van der Waals surface area contributed by atoms with Crippen LogP contribution in [0.2, 0.25) is 5.02 Å². The summed E-state index contributed by atoms with van der Waals surface area (Å²) < 4.78 is 42.2. The molecule has 2 aromatic rings. The number of piperazine rings is 1. The second kappa shape index (κ2) is 16.0. The molecule has 4 aliphatic heterocycles. The molecule has 278 valence electrons. The third-order valence-electron chi connectivity index (χ3n) is 11.2. The molecule has 51 heavy (non-hydrogen) atoms. The monoisotopic (exact) mass is 731 g/mol. The van der Waals surface area contributed by atoms with E-state index in [2.05, 4.69) is 27.5 Å². The lowest BCUT2D eigenvalue weighted by Gasteiger charge is -2.42. The Labute approximate surface area is 303 Å². The van der Waals surface area contributed by atoms with Gasteiger partial charge in [-0.05, 0) is 74.9 Å². The van der Waals surface area contributed by atoms with Crippen LogP contribution in [0.15, 0.2) is 36.4 Å². The lowest BCUT2D eigenvalue weighted by Crippen LogP contribution is -2.53. The van der Waals surface area contributed by atoms with Crippen LogP contribution in [-0.2, 0) is 28.6 Å². The Balaban J connectivity index is 1.13. The van der Waals surface area contributed by atoms with E-state index in [1.807, 2.05) is 29.2 Å². The van der Waals surface area contributed by atoms with E-state index < -0.39 is 17.7 Å². The molecule has 0 bridgehead atoms. The number of benzene rings is 2. The van der Waals surface area contributed by atoms with Crippen LogP contribution in [0.25, 0.3) is 0 Å². The number of likely N-dealkylation sites (tertiary alicyclic amines) is 2. The smallest absolute Gasteiger partial charge is 0.386 e. The van der Waals surface area contributed by atoms with Crippen LogP contribution in [0, 0.1) is 5.92 Å². The number of anilines is 2. The summed E-state index contributed by atoms with van der Waals surface area (Å²) in [5.74, 6) is -1.26. The molecule has 3 saturated heterocycles. The first kappa shape index (κ1) is 37.2. The van der Waals surface area contributed by atoms with Gasteiger partial charge in [0.15, 0.2) is 0 Å². The van der Waals surface area contributed by atoms with Crippen molar-refractivity contribution in [3.63, 3.8) is 0 Å². The molecular weight excluding hydrogens is 683 g/mol. The number of nitrogens with zero attached hydrogens (tertiary/aromatic N) is 5. The van der Waals surface area contributed by atoms with E-state index in [1.165, 1.54) is 13.1 Å². The summed E-state index contributed by atoms with van der Waals surface area (Å²) >= 11 is 6.33. The Morgan fingerprint density at radius 3 is 2.24 bits per heavy atom. The number of carbonyl (C=O) groups is 3. The number of para-hydroxylation sites is 1. The molecule has 0 spiro atoms. The van der Waals surface area contributed by atoms with E-state index in [0.717, 1.165) is 62.8 Å². The van der Waals surface area contributed by atoms with Gasteiger partial charge in [0.25, 0.3) is 0 Å². The number of urea groups is 1. The van der Waals surface area contributed by atoms with Gasteiger partial charge < -0.3 is 30.2 Å². The molecule has 0 radical (unpaired) electrons. The van der Waals surface area contributed by atoms with Gasteiger partial charge in [-0.1, -0.05) is 29.8 Å². The minimum Gasteiger partial charge on any atom is -0.386 e. The van der Waals surface area contributed by atoms with Gasteiger partial charge >= 0.3 is 12.2 Å². The molecule has 4 heterocycles. The van der Waals surface area contributed by atoms with E-state index in [9.17, 15) is 27.6 Å². The summed E-state index contributed by atoms with van der Waals surface area (Å²) in [6, 6.07) is 10.5. The Morgan fingerprint density at radius 2 is 1.57 bits per heavy atom. The molecule has 2 aromatic carbocycles. The average Bonchev–Trinajstić information content (AvgIpc) is 3.29. The zero-order valence-corrected chi connectivity index (χ0v) is 30.2. The molecule has 4 aliphatic rings. The number of fused-ring (bicyclic) bond motifs is 1. The van der Waals surface area contributed by atoms with Crippen molar-refractivity contribution in [1.29, 1.82) is 0 Å². The predicted molar refractivity (Wildman–Crippen MR) is 192 cm³/mol. The summed E-state index contributed by atoms with van der Waals surface area (Å²) in [7, 11) is 3.50. The topological polar surface area (TPSA) is 91.5 Å². The lowest BCUT2D eigenvalue weighted by molar-refractivity contribution is -0.143. The summed E-state index contributed by atoms with van der Waals surface area (Å²) in [4.78, 5) is 51.3. The molecule has 1 atom stereocenters. The second-order valence-corrected chi connectivity index (χ2v) is 14.8. The highest BCUT2D eigenvalue weighted by molar-refractivity contribution is 6.33. The Morgan fingerprint density at radius 1 is 0.922 bits per heavy atom. The van der Waals surface area contributed by atoms with Crippen molar-refractivity contribution >= 4 is 40.8 Å². The first-order valence-electron chi connectivity index (χ1n) is 18.1. The van der Waals surface area contributed by atoms with Gasteiger partial charge in [0.1, 0.15) is 0 Å². The molecule has 14 heteroatoms. The maximum absolute atomic E-state index is 14.2. The number of halogens is 4. The lowest BCUT2D eigenvalue weighted by atomic mass is 9.91. The maximum atomic E-state index is 14.2. The van der Waals surface area contributed by atoms with Crippen molar-refractivity contribution < 1.29 is 27.6 Å². The van der Waals surface area contributed by atoms with Crippen LogP contribution in [0.5, 0.6) is 0 Å². The van der Waals surface area contributed by atoms with Gasteiger partial charge in [-0.25, -0.2) is 4.79 Å². The number of hydrogen-bond acceptors (Lipinski definition) is 6. The Hall–Kier alpha value is -3.55. The molecule has 6 rings (SSSR count). The first-order chi connectivity index (χ1) is 24.4. The van der Waals surface area contributed by atoms with Crippen molar-refractivity contribution in [3.05, 3.63) is 58.1 Å². The molecule has 0 aliphatic carbocycles. The van der Waals surface area contributed by atoms with Gasteiger partial charge in [0.05, 0.1) is 22.2 Å². The predicted octanol–water partition coefficient (Wildman–Crippen LogP) is 5.27. The van der Waals surface area contributed by atoms with Gasteiger partial charge in [-0.3, -0.25) is 14.5 Å². The quantitative estimate of drug-likeness (QED) is 0.385. The molecular formula is C37H49ClF3N7O3. The standard InChI is InChI=1S/C37H49ClF3N7O3/c1-42-34-30(37(39,40)41)22-25(23-31(34)38)21-27(35(50)47-14-8-28(9-15-47)45-19-17-44(2)18-20-45)24-33(49)46-12-10-29(11-13-46)48-16-7-26-5-3-4-6-32(26)43-36(48)51/h3-6,22-23,27-29,42H,7-21,24H2,1-2H3,(H,43,51). The second-order valence-electron chi connectivity index (χ2n) is 14.4. The number of rotatable bonds is 8. The zero-order valence-electron chi connectivity index (χ0n) is 29.5. The number of alkyl halides is 3. The maximum Gasteiger partial charge on any atom is 0.418 e. The highest BCUT2D eigenvalue weighted by atomic mass is 35.5. The van der Waals surface area contributed by atoms with Crippen molar-refractivity contribution in [2.75, 3.05) is 83.6 Å². The molecule has 1 unspecified atom stereocenters. The average molecular weight is 732 g/mol. The SMILES string of the molecule is CNc1c(Cl)cc(CC(CC(=O)N2CCC(N3CCc4ccccc4NC3=O)CC2)C(=O)N2CCC(N3CCN(C)CC3)CC2)cc1C(F)(F)F. The number of amides is 4. The fourth-order valence-corrected chi connectivity index (χ4v) is 8.53. The third-order valence-corrected chi connectivity index (χ3v) is 11.5.